The molecule has 4 fully saturated rings. The molecule has 2 N–H and O–H groups in total. The number of carboxylic acids is 1. The maximum Gasteiger partial charge on any atom is 0.337 e. The third-order valence-corrected chi connectivity index (χ3v) is 11.0. The van der Waals surface area contributed by atoms with E-state index >= 15 is 0 Å². The molecular formula is C33H34Cl2N4O3. The van der Waals surface area contributed by atoms with Crippen LogP contribution in [0.2, 0.25) is 10.0 Å². The number of hydrogen-bond donors (Lipinski definition) is 2. The Morgan fingerprint density at radius 2 is 1.79 bits per heavy atom. The van der Waals surface area contributed by atoms with Gasteiger partial charge in [-0.05, 0) is 87.1 Å². The first-order chi connectivity index (χ1) is 20.3. The van der Waals surface area contributed by atoms with Crippen LogP contribution in [0.4, 0.5) is 5.69 Å². The highest BCUT2D eigenvalue weighted by Crippen LogP contribution is 2.57. The van der Waals surface area contributed by atoms with Crippen LogP contribution in [0.5, 0.6) is 0 Å². The SMILES string of the molecule is Cn1cc(C(=O)O)c2ccc(N3C4CCC3CC3(CC(NCc5c(-c6c(Cl)cccc6Cl)noc5C5CC5)C3)C4)cc21. The number of rotatable bonds is 7. The number of aromatic carboxylic acids is 1. The summed E-state index contributed by atoms with van der Waals surface area (Å²) in [6, 6.07) is 13.4. The molecule has 2 aliphatic heterocycles. The first-order valence-corrected chi connectivity index (χ1v) is 15.8. The number of anilines is 1. The van der Waals surface area contributed by atoms with Crippen molar-refractivity contribution < 1.29 is 14.4 Å². The molecule has 7 nitrogen and oxygen atoms in total. The second-order valence-corrected chi connectivity index (χ2v) is 13.9. The third-order valence-electron chi connectivity index (χ3n) is 10.4. The molecule has 9 heteroatoms. The Morgan fingerprint density at radius 1 is 1.07 bits per heavy atom. The summed E-state index contributed by atoms with van der Waals surface area (Å²) in [6.45, 7) is 0.709. The molecule has 2 saturated carbocycles. The Balaban J connectivity index is 0.964. The molecule has 4 heterocycles. The van der Waals surface area contributed by atoms with E-state index in [1.54, 1.807) is 6.20 Å². The predicted octanol–water partition coefficient (Wildman–Crippen LogP) is 7.79. The highest BCUT2D eigenvalue weighted by Gasteiger charge is 2.54. The van der Waals surface area contributed by atoms with Crippen LogP contribution in [0.3, 0.4) is 0 Å². The molecule has 1 spiro atoms. The van der Waals surface area contributed by atoms with Gasteiger partial charge in [-0.2, -0.15) is 0 Å². The average molecular weight is 606 g/mol. The average Bonchev–Trinajstić information content (AvgIpc) is 3.54. The van der Waals surface area contributed by atoms with Gasteiger partial charge in [0.1, 0.15) is 11.5 Å². The molecule has 4 aromatic rings. The van der Waals surface area contributed by atoms with Crippen LogP contribution < -0.4 is 10.2 Å². The lowest BCUT2D eigenvalue weighted by Gasteiger charge is -2.56. The minimum atomic E-state index is -0.877. The van der Waals surface area contributed by atoms with Gasteiger partial charge in [-0.25, -0.2) is 4.79 Å². The van der Waals surface area contributed by atoms with Crippen LogP contribution in [0, 0.1) is 5.41 Å². The minimum absolute atomic E-state index is 0.366. The molecule has 218 valence electrons. The van der Waals surface area contributed by atoms with E-state index in [9.17, 15) is 9.90 Å². The number of carbonyl (C=O) groups is 1. The number of nitrogens with one attached hydrogen (secondary N) is 1. The van der Waals surface area contributed by atoms with Crippen LogP contribution >= 0.6 is 23.2 Å². The number of nitrogens with zero attached hydrogens (tertiary/aromatic N) is 3. The van der Waals surface area contributed by atoms with Crippen molar-refractivity contribution in [1.82, 2.24) is 15.0 Å². The molecule has 4 aliphatic rings. The first-order valence-electron chi connectivity index (χ1n) is 15.1. The number of fused-ring (bicyclic) bond motifs is 3. The van der Waals surface area contributed by atoms with Crippen molar-refractivity contribution in [3.05, 3.63) is 69.5 Å². The maximum atomic E-state index is 11.7. The monoisotopic (exact) mass is 604 g/mol. The van der Waals surface area contributed by atoms with Crippen molar-refractivity contribution in [2.24, 2.45) is 12.5 Å². The zero-order chi connectivity index (χ0) is 28.7. The lowest BCUT2D eigenvalue weighted by Crippen LogP contribution is -2.57. The summed E-state index contributed by atoms with van der Waals surface area (Å²) >= 11 is 13.1. The topological polar surface area (TPSA) is 83.5 Å². The fraction of sp³-hybridized carbons (Fsp3) is 0.455. The smallest absolute Gasteiger partial charge is 0.337 e. The lowest BCUT2D eigenvalue weighted by atomic mass is 9.58. The Labute approximate surface area is 254 Å². The number of carboxylic acid groups (broad SMARTS) is 1. The van der Waals surface area contributed by atoms with E-state index in [1.165, 1.54) is 44.2 Å². The predicted molar refractivity (Wildman–Crippen MR) is 165 cm³/mol. The number of aryl methyl sites for hydroxylation is 1. The fourth-order valence-electron chi connectivity index (χ4n) is 8.36. The van der Waals surface area contributed by atoms with Crippen molar-refractivity contribution >= 4 is 45.8 Å². The Hall–Kier alpha value is -3.00. The molecule has 42 heavy (non-hydrogen) atoms. The standard InChI is InChI=1S/C33H34Cl2N4O3/c1-38-17-25(32(40)41)23-10-9-20(11-28(23)38)39-21-7-8-22(39)15-33(14-21)12-19(13-33)36-16-24-30(37-42-31(24)18-5-6-18)29-26(34)3-2-4-27(29)35/h2-4,9-11,17-19,21-22,36H,5-8,12-16H2,1H3,(H,40,41). The highest BCUT2D eigenvalue weighted by atomic mass is 35.5. The number of benzene rings is 2. The molecular weight excluding hydrogens is 571 g/mol. The molecule has 2 aromatic heterocycles. The van der Waals surface area contributed by atoms with E-state index < -0.39 is 5.97 Å². The maximum absolute atomic E-state index is 11.7. The van der Waals surface area contributed by atoms with Crippen LogP contribution in [0.1, 0.15) is 79.0 Å². The third kappa shape index (κ3) is 4.27. The highest BCUT2D eigenvalue weighted by molar-refractivity contribution is 6.39. The van der Waals surface area contributed by atoms with Crippen LogP contribution in [0.15, 0.2) is 47.1 Å². The van der Waals surface area contributed by atoms with E-state index in [2.05, 4.69) is 27.5 Å². The number of piperidine rings is 1. The van der Waals surface area contributed by atoms with Gasteiger partial charge in [0, 0.05) is 66.0 Å². The van der Waals surface area contributed by atoms with Gasteiger partial charge in [-0.15, -0.1) is 0 Å². The summed E-state index contributed by atoms with van der Waals surface area (Å²) < 4.78 is 7.81. The van der Waals surface area contributed by atoms with E-state index in [0.29, 0.717) is 51.6 Å². The molecule has 2 atom stereocenters. The van der Waals surface area contributed by atoms with E-state index in [1.807, 2.05) is 35.9 Å². The molecule has 2 saturated heterocycles. The summed E-state index contributed by atoms with van der Waals surface area (Å²) in [6.07, 6.45) is 11.3. The van der Waals surface area contributed by atoms with Gasteiger partial charge in [-0.1, -0.05) is 34.4 Å². The zero-order valence-corrected chi connectivity index (χ0v) is 25.1. The minimum Gasteiger partial charge on any atom is -0.478 e. The summed E-state index contributed by atoms with van der Waals surface area (Å²) in [5, 5.41) is 19.9. The quantitative estimate of drug-likeness (QED) is 0.224. The number of halogens is 2. The van der Waals surface area contributed by atoms with Crippen molar-refractivity contribution in [3.8, 4) is 11.3 Å². The largest absolute Gasteiger partial charge is 0.478 e. The fourth-order valence-corrected chi connectivity index (χ4v) is 8.94. The van der Waals surface area contributed by atoms with Gasteiger partial charge in [0.25, 0.3) is 0 Å². The van der Waals surface area contributed by atoms with Crippen LogP contribution in [0.25, 0.3) is 22.2 Å². The number of aromatic nitrogens is 2. The molecule has 0 radical (unpaired) electrons. The van der Waals surface area contributed by atoms with Gasteiger partial charge in [0.05, 0.1) is 21.1 Å². The van der Waals surface area contributed by atoms with Crippen LogP contribution in [-0.2, 0) is 13.6 Å². The Morgan fingerprint density at radius 3 is 2.45 bits per heavy atom. The van der Waals surface area contributed by atoms with Crippen molar-refractivity contribution in [3.63, 3.8) is 0 Å². The summed E-state index contributed by atoms with van der Waals surface area (Å²) in [5.74, 6) is 0.556. The van der Waals surface area contributed by atoms with E-state index in [-0.39, 0.29) is 0 Å². The Bertz CT molecular complexity index is 1680. The number of hydrogen-bond acceptors (Lipinski definition) is 5. The van der Waals surface area contributed by atoms with Gasteiger partial charge in [0.2, 0.25) is 0 Å². The zero-order valence-electron chi connectivity index (χ0n) is 23.6. The normalized spacial score (nSPS) is 26.7. The molecule has 0 amide bonds. The van der Waals surface area contributed by atoms with Crippen LogP contribution in [-0.4, -0.2) is 38.9 Å². The molecule has 2 unspecified atom stereocenters. The van der Waals surface area contributed by atoms with Crippen molar-refractivity contribution in [1.29, 1.82) is 0 Å². The summed E-state index contributed by atoms with van der Waals surface area (Å²) in [5.41, 5.74) is 5.60. The summed E-state index contributed by atoms with van der Waals surface area (Å²) in [7, 11) is 1.93. The molecule has 2 bridgehead atoms. The van der Waals surface area contributed by atoms with Crippen molar-refractivity contribution in [2.45, 2.75) is 82.0 Å². The van der Waals surface area contributed by atoms with E-state index in [0.717, 1.165) is 46.3 Å². The molecule has 2 aliphatic carbocycles. The second kappa shape index (κ2) is 9.76. The van der Waals surface area contributed by atoms with Gasteiger partial charge >= 0.3 is 5.97 Å². The van der Waals surface area contributed by atoms with Gasteiger partial charge < -0.3 is 24.4 Å². The first kappa shape index (κ1) is 26.6. The van der Waals surface area contributed by atoms with E-state index in [4.69, 9.17) is 27.7 Å². The summed E-state index contributed by atoms with van der Waals surface area (Å²) in [4.78, 5) is 14.3. The van der Waals surface area contributed by atoms with Crippen molar-refractivity contribution in [2.75, 3.05) is 4.90 Å². The lowest BCUT2D eigenvalue weighted by molar-refractivity contribution is 0.0348. The Kier molecular flexibility index (Phi) is 6.19. The second-order valence-electron chi connectivity index (χ2n) is 13.1. The van der Waals surface area contributed by atoms with Gasteiger partial charge in [-0.3, -0.25) is 0 Å². The molecule has 8 rings (SSSR count). The molecule has 2 aromatic carbocycles. The van der Waals surface area contributed by atoms with Gasteiger partial charge in [0.15, 0.2) is 0 Å².